The molecule has 0 aromatic carbocycles. The van der Waals surface area contributed by atoms with Crippen LogP contribution in [-0.2, 0) is 6.42 Å². The fraction of sp³-hybridized carbons (Fsp3) is 0.333. The van der Waals surface area contributed by atoms with Gasteiger partial charge in [-0.1, -0.05) is 11.6 Å². The fourth-order valence-electron chi connectivity index (χ4n) is 1.56. The minimum Gasteiger partial charge on any atom is -0.343 e. The van der Waals surface area contributed by atoms with Crippen LogP contribution in [0, 0.1) is 0 Å². The number of thiazole rings is 1. The van der Waals surface area contributed by atoms with E-state index in [-0.39, 0.29) is 24.4 Å². The Morgan fingerprint density at radius 1 is 1.55 bits per heavy atom. The molecular formula is C12H15Cl2N3OS2. The van der Waals surface area contributed by atoms with E-state index in [4.69, 9.17) is 17.3 Å². The zero-order valence-electron chi connectivity index (χ0n) is 10.8. The third-order valence-corrected chi connectivity index (χ3v) is 4.83. The quantitative estimate of drug-likeness (QED) is 0.868. The highest BCUT2D eigenvalue weighted by Gasteiger charge is 2.15. The van der Waals surface area contributed by atoms with Crippen LogP contribution in [0.4, 0.5) is 0 Å². The van der Waals surface area contributed by atoms with Crippen LogP contribution in [0.1, 0.15) is 33.3 Å². The molecule has 0 fully saturated rings. The van der Waals surface area contributed by atoms with Crippen molar-refractivity contribution < 1.29 is 4.79 Å². The maximum atomic E-state index is 12.0. The normalized spacial score (nSPS) is 11.8. The van der Waals surface area contributed by atoms with Gasteiger partial charge in [0.1, 0.15) is 5.69 Å². The number of amides is 1. The molecule has 8 heteroatoms. The predicted molar refractivity (Wildman–Crippen MR) is 87.3 cm³/mol. The summed E-state index contributed by atoms with van der Waals surface area (Å²) >= 11 is 8.80. The summed E-state index contributed by atoms with van der Waals surface area (Å²) in [5, 5.41) is 5.55. The van der Waals surface area contributed by atoms with Crippen LogP contribution in [-0.4, -0.2) is 17.4 Å². The smallest absolute Gasteiger partial charge is 0.271 e. The number of carbonyl (C=O) groups is 1. The first kappa shape index (κ1) is 17.4. The number of carbonyl (C=O) groups excluding carboxylic acids is 1. The van der Waals surface area contributed by atoms with Gasteiger partial charge in [0.25, 0.3) is 5.91 Å². The maximum Gasteiger partial charge on any atom is 0.271 e. The van der Waals surface area contributed by atoms with Gasteiger partial charge < -0.3 is 11.1 Å². The second kappa shape index (κ2) is 7.95. The Kier molecular flexibility index (Phi) is 6.91. The van der Waals surface area contributed by atoms with Gasteiger partial charge in [-0.3, -0.25) is 4.79 Å². The monoisotopic (exact) mass is 351 g/mol. The Morgan fingerprint density at radius 3 is 2.90 bits per heavy atom. The molecule has 110 valence electrons. The van der Waals surface area contributed by atoms with Gasteiger partial charge in [0.15, 0.2) is 0 Å². The van der Waals surface area contributed by atoms with Crippen molar-refractivity contribution in [1.82, 2.24) is 10.3 Å². The lowest BCUT2D eigenvalue weighted by Crippen LogP contribution is -2.26. The lowest BCUT2D eigenvalue weighted by molar-refractivity contribution is 0.0936. The topological polar surface area (TPSA) is 68.0 Å². The van der Waals surface area contributed by atoms with Crippen LogP contribution in [0.15, 0.2) is 17.5 Å². The summed E-state index contributed by atoms with van der Waals surface area (Å²) in [6.07, 6.45) is 0.702. The van der Waals surface area contributed by atoms with Crippen molar-refractivity contribution in [3.05, 3.63) is 37.4 Å². The van der Waals surface area contributed by atoms with Crippen LogP contribution in [0.3, 0.4) is 0 Å². The fourth-order valence-corrected chi connectivity index (χ4v) is 3.41. The van der Waals surface area contributed by atoms with Gasteiger partial charge in [0, 0.05) is 16.7 Å². The van der Waals surface area contributed by atoms with E-state index < -0.39 is 0 Å². The zero-order chi connectivity index (χ0) is 13.8. The van der Waals surface area contributed by atoms with E-state index in [1.807, 2.05) is 19.1 Å². The number of aromatic nitrogens is 1. The van der Waals surface area contributed by atoms with E-state index >= 15 is 0 Å². The molecule has 1 unspecified atom stereocenters. The highest BCUT2D eigenvalue weighted by Crippen LogP contribution is 2.26. The van der Waals surface area contributed by atoms with Crippen molar-refractivity contribution in [2.45, 2.75) is 19.4 Å². The Hall–Kier alpha value is -0.660. The molecule has 0 bridgehead atoms. The summed E-state index contributed by atoms with van der Waals surface area (Å²) in [7, 11) is 0. The minimum absolute atomic E-state index is 0. The van der Waals surface area contributed by atoms with Crippen LogP contribution in [0.5, 0.6) is 0 Å². The van der Waals surface area contributed by atoms with Crippen molar-refractivity contribution in [1.29, 1.82) is 0 Å². The van der Waals surface area contributed by atoms with Gasteiger partial charge in [-0.15, -0.1) is 35.1 Å². The molecule has 0 aliphatic carbocycles. The molecule has 20 heavy (non-hydrogen) atoms. The van der Waals surface area contributed by atoms with E-state index in [0.717, 1.165) is 14.2 Å². The largest absolute Gasteiger partial charge is 0.343 e. The first-order chi connectivity index (χ1) is 9.10. The number of halogens is 2. The first-order valence-electron chi connectivity index (χ1n) is 5.80. The average Bonchev–Trinajstić information content (AvgIpc) is 2.98. The van der Waals surface area contributed by atoms with Gasteiger partial charge in [-0.05, 0) is 25.6 Å². The van der Waals surface area contributed by atoms with Gasteiger partial charge in [0.2, 0.25) is 0 Å². The summed E-state index contributed by atoms with van der Waals surface area (Å²) in [4.78, 5) is 17.3. The molecular weight excluding hydrogens is 337 g/mol. The molecule has 0 aliphatic heterocycles. The number of thiophene rings is 1. The Morgan fingerprint density at radius 2 is 2.30 bits per heavy atom. The van der Waals surface area contributed by atoms with Crippen molar-refractivity contribution in [3.63, 3.8) is 0 Å². The molecule has 1 atom stereocenters. The Balaban J connectivity index is 0.00000200. The van der Waals surface area contributed by atoms with Gasteiger partial charge in [-0.25, -0.2) is 4.98 Å². The molecule has 2 aromatic rings. The standard InChI is InChI=1S/C12H14ClN3OS2.ClH/c1-7(9-2-3-10(13)19-9)15-12(17)8-6-18-11(16-8)4-5-14;/h2-3,6-7H,4-5,14H2,1H3,(H,15,17);1H. The number of nitrogens with two attached hydrogens (primary N) is 1. The number of nitrogens with one attached hydrogen (secondary N) is 1. The van der Waals surface area contributed by atoms with E-state index in [9.17, 15) is 4.79 Å². The highest BCUT2D eigenvalue weighted by molar-refractivity contribution is 7.16. The number of hydrogen-bond donors (Lipinski definition) is 2. The number of rotatable bonds is 5. The maximum absolute atomic E-state index is 12.0. The molecule has 0 saturated carbocycles. The number of hydrogen-bond acceptors (Lipinski definition) is 5. The van der Waals surface area contributed by atoms with Gasteiger partial charge in [-0.2, -0.15) is 0 Å². The van der Waals surface area contributed by atoms with Crippen LogP contribution >= 0.6 is 46.7 Å². The molecule has 2 heterocycles. The van der Waals surface area contributed by atoms with E-state index in [1.54, 1.807) is 5.38 Å². The van der Waals surface area contributed by atoms with Gasteiger partial charge >= 0.3 is 0 Å². The zero-order valence-corrected chi connectivity index (χ0v) is 14.0. The van der Waals surface area contributed by atoms with E-state index in [0.29, 0.717) is 18.7 Å². The van der Waals surface area contributed by atoms with Crippen molar-refractivity contribution in [2.75, 3.05) is 6.54 Å². The highest BCUT2D eigenvalue weighted by atomic mass is 35.5. The Bertz CT molecular complexity index is 571. The van der Waals surface area contributed by atoms with E-state index in [2.05, 4.69) is 10.3 Å². The summed E-state index contributed by atoms with van der Waals surface area (Å²) in [5.74, 6) is -0.170. The van der Waals surface area contributed by atoms with Crippen LogP contribution in [0.25, 0.3) is 0 Å². The minimum atomic E-state index is -0.170. The predicted octanol–water partition coefficient (Wildman–Crippen LogP) is 3.27. The average molecular weight is 352 g/mol. The third-order valence-electron chi connectivity index (χ3n) is 2.51. The van der Waals surface area contributed by atoms with Gasteiger partial charge in [0.05, 0.1) is 15.4 Å². The van der Waals surface area contributed by atoms with Crippen LogP contribution < -0.4 is 11.1 Å². The Labute approximate surface area is 136 Å². The summed E-state index contributed by atoms with van der Waals surface area (Å²) in [6, 6.07) is 3.66. The molecule has 2 aromatic heterocycles. The SMILES string of the molecule is CC(NC(=O)c1csc(CCN)n1)c1ccc(Cl)s1.Cl. The van der Waals surface area contributed by atoms with Crippen molar-refractivity contribution in [3.8, 4) is 0 Å². The lowest BCUT2D eigenvalue weighted by atomic mass is 10.2. The molecule has 3 N–H and O–H groups in total. The first-order valence-corrected chi connectivity index (χ1v) is 7.88. The summed E-state index contributed by atoms with van der Waals surface area (Å²) in [6.45, 7) is 2.46. The molecule has 0 aliphatic rings. The van der Waals surface area contributed by atoms with Crippen LogP contribution in [0.2, 0.25) is 4.34 Å². The summed E-state index contributed by atoms with van der Waals surface area (Å²) < 4.78 is 0.718. The molecule has 0 spiro atoms. The second-order valence-corrected chi connectivity index (χ2v) is 6.69. The molecule has 1 amide bonds. The van der Waals surface area contributed by atoms with Crippen molar-refractivity contribution in [2.24, 2.45) is 5.73 Å². The molecule has 2 rings (SSSR count). The third kappa shape index (κ3) is 4.43. The van der Waals surface area contributed by atoms with Crippen molar-refractivity contribution >= 4 is 52.6 Å². The van der Waals surface area contributed by atoms with E-state index in [1.165, 1.54) is 22.7 Å². The second-order valence-electron chi connectivity index (χ2n) is 4.00. The number of nitrogens with zero attached hydrogens (tertiary/aromatic N) is 1. The molecule has 0 radical (unpaired) electrons. The molecule has 4 nitrogen and oxygen atoms in total. The lowest BCUT2D eigenvalue weighted by Gasteiger charge is -2.10. The summed E-state index contributed by atoms with van der Waals surface area (Å²) in [5.41, 5.74) is 5.91. The molecule has 0 saturated heterocycles.